The first-order valence-electron chi connectivity index (χ1n) is 8.32. The summed E-state index contributed by atoms with van der Waals surface area (Å²) in [5.74, 6) is -0.621. The Morgan fingerprint density at radius 1 is 1.50 bits per heavy atom. The molecule has 0 spiro atoms. The van der Waals surface area contributed by atoms with Crippen LogP contribution in [0, 0.1) is 0 Å². The molecule has 3 rings (SSSR count). The van der Waals surface area contributed by atoms with Crippen LogP contribution in [-0.4, -0.2) is 53.2 Å². The molecular formula is C18H21ClN4O3. The van der Waals surface area contributed by atoms with Gasteiger partial charge in [0.15, 0.2) is 0 Å². The van der Waals surface area contributed by atoms with Crippen LogP contribution in [0.1, 0.15) is 15.9 Å². The summed E-state index contributed by atoms with van der Waals surface area (Å²) in [5.41, 5.74) is 7.06. The number of phenolic OH excluding ortho intramolecular Hbond substituents is 1. The lowest BCUT2D eigenvalue weighted by Crippen LogP contribution is -2.47. The van der Waals surface area contributed by atoms with Gasteiger partial charge in [-0.25, -0.2) is 0 Å². The van der Waals surface area contributed by atoms with Gasteiger partial charge in [-0.3, -0.25) is 14.7 Å². The number of pyridine rings is 1. The molecule has 1 aromatic heterocycles. The van der Waals surface area contributed by atoms with Crippen LogP contribution >= 0.6 is 11.6 Å². The van der Waals surface area contributed by atoms with E-state index in [1.54, 1.807) is 6.20 Å². The Morgan fingerprint density at radius 3 is 3.12 bits per heavy atom. The van der Waals surface area contributed by atoms with Crippen LogP contribution in [0.15, 0.2) is 36.7 Å². The Labute approximate surface area is 156 Å². The monoisotopic (exact) mass is 376 g/mol. The summed E-state index contributed by atoms with van der Waals surface area (Å²) < 4.78 is 5.72. The third kappa shape index (κ3) is 4.63. The molecule has 1 fully saturated rings. The predicted molar refractivity (Wildman–Crippen MR) is 99.1 cm³/mol. The van der Waals surface area contributed by atoms with Crippen LogP contribution in [0.5, 0.6) is 5.75 Å². The highest BCUT2D eigenvalue weighted by Crippen LogP contribution is 2.27. The summed E-state index contributed by atoms with van der Waals surface area (Å²) in [7, 11) is 0. The molecule has 1 aromatic carbocycles. The average molecular weight is 377 g/mol. The van der Waals surface area contributed by atoms with Gasteiger partial charge in [0.1, 0.15) is 5.75 Å². The maximum absolute atomic E-state index is 12.3. The van der Waals surface area contributed by atoms with Gasteiger partial charge in [0.25, 0.3) is 5.91 Å². The van der Waals surface area contributed by atoms with Gasteiger partial charge in [0.2, 0.25) is 0 Å². The molecule has 1 atom stereocenters. The molecular weight excluding hydrogens is 356 g/mol. The molecule has 1 aliphatic heterocycles. The van der Waals surface area contributed by atoms with Gasteiger partial charge >= 0.3 is 0 Å². The number of aromatic hydroxyl groups is 1. The van der Waals surface area contributed by atoms with E-state index < -0.39 is 5.91 Å². The van der Waals surface area contributed by atoms with Crippen molar-refractivity contribution in [3.63, 3.8) is 0 Å². The van der Waals surface area contributed by atoms with Gasteiger partial charge in [0.05, 0.1) is 29.0 Å². The van der Waals surface area contributed by atoms with E-state index in [1.807, 2.05) is 18.3 Å². The number of anilines is 1. The second-order valence-electron chi connectivity index (χ2n) is 6.19. The number of nitrogens with zero attached hydrogens (tertiary/aromatic N) is 2. The number of halogens is 1. The lowest BCUT2D eigenvalue weighted by Gasteiger charge is -2.33. The van der Waals surface area contributed by atoms with E-state index in [4.69, 9.17) is 22.1 Å². The lowest BCUT2D eigenvalue weighted by molar-refractivity contribution is -0.0293. The quantitative estimate of drug-likeness (QED) is 0.686. The first-order valence-corrected chi connectivity index (χ1v) is 8.70. The van der Waals surface area contributed by atoms with E-state index in [9.17, 15) is 9.90 Å². The zero-order chi connectivity index (χ0) is 18.5. The van der Waals surface area contributed by atoms with Crippen molar-refractivity contribution in [2.24, 2.45) is 0 Å². The largest absolute Gasteiger partial charge is 0.507 e. The first-order chi connectivity index (χ1) is 12.5. The van der Waals surface area contributed by atoms with Crippen molar-refractivity contribution >= 4 is 23.2 Å². The SMILES string of the molecule is Nc1cc(O)c(C(=O)NCC2CN(Cc3cccnc3)CCO2)cc1Cl. The minimum Gasteiger partial charge on any atom is -0.507 e. The van der Waals surface area contributed by atoms with E-state index in [0.29, 0.717) is 19.7 Å². The van der Waals surface area contributed by atoms with E-state index in [2.05, 4.69) is 15.2 Å². The molecule has 0 aliphatic carbocycles. The van der Waals surface area contributed by atoms with Crippen LogP contribution in [0.4, 0.5) is 5.69 Å². The Kier molecular flexibility index (Phi) is 5.92. The molecule has 7 nitrogen and oxygen atoms in total. The summed E-state index contributed by atoms with van der Waals surface area (Å²) in [4.78, 5) is 18.7. The second kappa shape index (κ2) is 8.35. The molecule has 26 heavy (non-hydrogen) atoms. The number of nitrogens with two attached hydrogens (primary N) is 1. The zero-order valence-corrected chi connectivity index (χ0v) is 14.9. The number of hydrogen-bond acceptors (Lipinski definition) is 6. The number of aromatic nitrogens is 1. The van der Waals surface area contributed by atoms with E-state index in [1.165, 1.54) is 12.1 Å². The van der Waals surface area contributed by atoms with Gasteiger partial charge in [-0.05, 0) is 17.7 Å². The first kappa shape index (κ1) is 18.4. The van der Waals surface area contributed by atoms with E-state index in [-0.39, 0.29) is 28.1 Å². The van der Waals surface area contributed by atoms with Crippen molar-refractivity contribution < 1.29 is 14.6 Å². The van der Waals surface area contributed by atoms with E-state index >= 15 is 0 Å². The molecule has 0 radical (unpaired) electrons. The molecule has 2 aromatic rings. The third-order valence-electron chi connectivity index (χ3n) is 4.20. The molecule has 138 valence electrons. The van der Waals surface area contributed by atoms with Gasteiger partial charge in [0, 0.05) is 44.6 Å². The lowest BCUT2D eigenvalue weighted by atomic mass is 10.1. The van der Waals surface area contributed by atoms with Crippen LogP contribution in [0.25, 0.3) is 0 Å². The molecule has 1 saturated heterocycles. The summed E-state index contributed by atoms with van der Waals surface area (Å²) in [5, 5.41) is 12.9. The van der Waals surface area contributed by atoms with Gasteiger partial charge in [-0.2, -0.15) is 0 Å². The van der Waals surface area contributed by atoms with Crippen LogP contribution < -0.4 is 11.1 Å². The van der Waals surface area contributed by atoms with Crippen LogP contribution in [0.2, 0.25) is 5.02 Å². The number of ether oxygens (including phenoxy) is 1. The number of phenols is 1. The number of hydrogen-bond donors (Lipinski definition) is 3. The topological polar surface area (TPSA) is 101 Å². The number of nitrogens with one attached hydrogen (secondary N) is 1. The van der Waals surface area contributed by atoms with Crippen molar-refractivity contribution in [1.82, 2.24) is 15.2 Å². The fourth-order valence-corrected chi connectivity index (χ4v) is 3.02. The fraction of sp³-hybridized carbons (Fsp3) is 0.333. The number of morpholine rings is 1. The zero-order valence-electron chi connectivity index (χ0n) is 14.2. The fourth-order valence-electron chi connectivity index (χ4n) is 2.86. The molecule has 0 saturated carbocycles. The minimum atomic E-state index is -0.419. The normalized spacial score (nSPS) is 17.8. The summed E-state index contributed by atoms with van der Waals surface area (Å²) in [6.45, 7) is 3.25. The predicted octanol–water partition coefficient (Wildman–Crippen LogP) is 1.65. The van der Waals surface area contributed by atoms with Gasteiger partial charge in [-0.15, -0.1) is 0 Å². The van der Waals surface area contributed by atoms with E-state index in [0.717, 1.165) is 18.7 Å². The van der Waals surface area contributed by atoms with Crippen molar-refractivity contribution in [1.29, 1.82) is 0 Å². The summed E-state index contributed by atoms with van der Waals surface area (Å²) in [6.07, 6.45) is 3.47. The second-order valence-corrected chi connectivity index (χ2v) is 6.60. The average Bonchev–Trinajstić information content (AvgIpc) is 2.64. The highest BCUT2D eigenvalue weighted by atomic mass is 35.5. The molecule has 0 bridgehead atoms. The highest BCUT2D eigenvalue weighted by molar-refractivity contribution is 6.33. The number of rotatable bonds is 5. The molecule has 8 heteroatoms. The minimum absolute atomic E-state index is 0.0900. The van der Waals surface area contributed by atoms with Crippen LogP contribution in [-0.2, 0) is 11.3 Å². The third-order valence-corrected chi connectivity index (χ3v) is 4.53. The molecule has 4 N–H and O–H groups in total. The maximum Gasteiger partial charge on any atom is 0.255 e. The summed E-state index contributed by atoms with van der Waals surface area (Å²) >= 11 is 5.92. The number of nitrogen functional groups attached to an aromatic ring is 1. The Hall–Kier alpha value is -2.35. The van der Waals surface area contributed by atoms with Crippen molar-refractivity contribution in [2.75, 3.05) is 32.0 Å². The Morgan fingerprint density at radius 2 is 2.35 bits per heavy atom. The Balaban J connectivity index is 1.54. The molecule has 1 amide bonds. The number of carbonyl (C=O) groups is 1. The standard InChI is InChI=1S/C18H21ClN4O3/c19-15-6-14(17(24)7-16(15)20)18(25)22-9-13-11-23(4-5-26-13)10-12-2-1-3-21-8-12/h1-3,6-8,13,24H,4-5,9-11,20H2,(H,22,25). The van der Waals surface area contributed by atoms with Crippen molar-refractivity contribution in [3.05, 3.63) is 52.8 Å². The van der Waals surface area contributed by atoms with Crippen molar-refractivity contribution in [2.45, 2.75) is 12.6 Å². The summed E-state index contributed by atoms with van der Waals surface area (Å²) in [6, 6.07) is 6.58. The Bertz CT molecular complexity index is 773. The number of benzene rings is 1. The number of amides is 1. The highest BCUT2D eigenvalue weighted by Gasteiger charge is 2.22. The van der Waals surface area contributed by atoms with Gasteiger partial charge < -0.3 is 20.9 Å². The maximum atomic E-state index is 12.3. The van der Waals surface area contributed by atoms with Crippen LogP contribution in [0.3, 0.4) is 0 Å². The molecule has 1 aliphatic rings. The molecule has 2 heterocycles. The smallest absolute Gasteiger partial charge is 0.255 e. The van der Waals surface area contributed by atoms with Gasteiger partial charge in [-0.1, -0.05) is 17.7 Å². The molecule has 1 unspecified atom stereocenters. The van der Waals surface area contributed by atoms with Crippen molar-refractivity contribution in [3.8, 4) is 5.75 Å². The number of carbonyl (C=O) groups excluding carboxylic acids is 1.